The first kappa shape index (κ1) is 14.8. The summed E-state index contributed by atoms with van der Waals surface area (Å²) in [5.74, 6) is -0.0507. The maximum atomic E-state index is 11.9. The van der Waals surface area contributed by atoms with Gasteiger partial charge >= 0.3 is 0 Å². The molecule has 0 unspecified atom stereocenters. The van der Waals surface area contributed by atoms with Crippen LogP contribution in [0.5, 0.6) is 0 Å². The van der Waals surface area contributed by atoms with Crippen molar-refractivity contribution in [2.24, 2.45) is 5.73 Å². The molecule has 0 aliphatic heterocycles. The molecule has 0 heterocycles. The van der Waals surface area contributed by atoms with E-state index in [-0.39, 0.29) is 5.91 Å². The third kappa shape index (κ3) is 4.82. The van der Waals surface area contributed by atoms with E-state index >= 15 is 0 Å². The Morgan fingerprint density at radius 2 is 2.05 bits per heavy atom. The Hall–Kier alpha value is -1.61. The second-order valence-corrected chi connectivity index (χ2v) is 5.45. The number of carbonyl (C=O) groups excluding carboxylic acids is 1. The summed E-state index contributed by atoms with van der Waals surface area (Å²) in [5.41, 5.74) is 8.52. The predicted molar refractivity (Wildman–Crippen MR) is 82.3 cm³/mol. The van der Waals surface area contributed by atoms with Crippen molar-refractivity contribution in [3.8, 4) is 0 Å². The molecule has 0 spiro atoms. The first-order valence-electron chi connectivity index (χ1n) is 7.51. The third-order valence-electron chi connectivity index (χ3n) is 3.77. The summed E-state index contributed by atoms with van der Waals surface area (Å²) in [5, 5.41) is 2.95. The first-order chi connectivity index (χ1) is 9.75. The van der Waals surface area contributed by atoms with Gasteiger partial charge in [0.25, 0.3) is 0 Å². The molecule has 1 aliphatic carbocycles. The predicted octanol–water partition coefficient (Wildman–Crippen LogP) is 2.56. The standard InChI is InChI=1S/C17H24N2O/c18-16(13-15-9-5-2-6-10-15)17(20)19-12-11-14-7-3-1-4-8-14/h2,5-7,9-10,16H,1,3-4,8,11-13,18H2,(H,19,20)/t16-/m1/s1. The number of rotatable bonds is 6. The van der Waals surface area contributed by atoms with Gasteiger partial charge in [0.15, 0.2) is 0 Å². The molecule has 0 saturated carbocycles. The van der Waals surface area contributed by atoms with Gasteiger partial charge in [0.2, 0.25) is 5.91 Å². The lowest BCUT2D eigenvalue weighted by atomic mass is 9.97. The van der Waals surface area contributed by atoms with Crippen LogP contribution in [0.3, 0.4) is 0 Å². The Morgan fingerprint density at radius 1 is 1.25 bits per heavy atom. The Balaban J connectivity index is 1.70. The van der Waals surface area contributed by atoms with Crippen LogP contribution in [0.2, 0.25) is 0 Å². The van der Waals surface area contributed by atoms with E-state index in [4.69, 9.17) is 5.73 Å². The summed E-state index contributed by atoms with van der Waals surface area (Å²) in [6.07, 6.45) is 8.84. The summed E-state index contributed by atoms with van der Waals surface area (Å²) in [4.78, 5) is 11.9. The van der Waals surface area contributed by atoms with Gasteiger partial charge in [0.1, 0.15) is 0 Å². The number of hydrogen-bond acceptors (Lipinski definition) is 2. The molecule has 1 aliphatic rings. The number of hydrogen-bond donors (Lipinski definition) is 2. The van der Waals surface area contributed by atoms with Crippen molar-refractivity contribution in [1.82, 2.24) is 5.32 Å². The fraction of sp³-hybridized carbons (Fsp3) is 0.471. The zero-order valence-corrected chi connectivity index (χ0v) is 12.0. The average Bonchev–Trinajstić information content (AvgIpc) is 2.49. The van der Waals surface area contributed by atoms with Crippen LogP contribution < -0.4 is 11.1 Å². The van der Waals surface area contributed by atoms with Crippen molar-refractivity contribution in [1.29, 1.82) is 0 Å². The highest BCUT2D eigenvalue weighted by Gasteiger charge is 2.13. The van der Waals surface area contributed by atoms with E-state index in [0.29, 0.717) is 13.0 Å². The molecule has 1 aromatic carbocycles. The zero-order chi connectivity index (χ0) is 14.2. The number of nitrogens with one attached hydrogen (secondary N) is 1. The molecule has 3 nitrogen and oxygen atoms in total. The number of nitrogens with two attached hydrogens (primary N) is 1. The van der Waals surface area contributed by atoms with Gasteiger partial charge < -0.3 is 11.1 Å². The van der Waals surface area contributed by atoms with Crippen molar-refractivity contribution in [3.05, 3.63) is 47.5 Å². The lowest BCUT2D eigenvalue weighted by molar-refractivity contribution is -0.122. The van der Waals surface area contributed by atoms with Crippen LogP contribution in [0.1, 0.15) is 37.7 Å². The van der Waals surface area contributed by atoms with E-state index in [1.165, 1.54) is 31.3 Å². The van der Waals surface area contributed by atoms with E-state index in [0.717, 1.165) is 12.0 Å². The maximum absolute atomic E-state index is 11.9. The normalized spacial score (nSPS) is 16.4. The third-order valence-corrected chi connectivity index (χ3v) is 3.77. The summed E-state index contributed by atoms with van der Waals surface area (Å²) >= 11 is 0. The van der Waals surface area contributed by atoms with Gasteiger partial charge in [-0.1, -0.05) is 42.0 Å². The first-order valence-corrected chi connectivity index (χ1v) is 7.51. The summed E-state index contributed by atoms with van der Waals surface area (Å²) < 4.78 is 0. The molecule has 1 atom stereocenters. The van der Waals surface area contributed by atoms with Crippen molar-refractivity contribution < 1.29 is 4.79 Å². The van der Waals surface area contributed by atoms with Crippen molar-refractivity contribution in [3.63, 3.8) is 0 Å². The Labute approximate surface area is 121 Å². The number of amides is 1. The van der Waals surface area contributed by atoms with Crippen LogP contribution in [0, 0.1) is 0 Å². The minimum Gasteiger partial charge on any atom is -0.354 e. The average molecular weight is 272 g/mol. The molecule has 0 radical (unpaired) electrons. The van der Waals surface area contributed by atoms with Crippen molar-refractivity contribution >= 4 is 5.91 Å². The summed E-state index contributed by atoms with van der Waals surface area (Å²) in [7, 11) is 0. The topological polar surface area (TPSA) is 55.1 Å². The molecule has 0 bridgehead atoms. The second kappa shape index (κ2) is 7.85. The molecule has 108 valence electrons. The van der Waals surface area contributed by atoms with Gasteiger partial charge in [-0.3, -0.25) is 4.79 Å². The maximum Gasteiger partial charge on any atom is 0.237 e. The Morgan fingerprint density at radius 3 is 2.75 bits per heavy atom. The van der Waals surface area contributed by atoms with Crippen LogP contribution in [0.15, 0.2) is 42.0 Å². The fourth-order valence-corrected chi connectivity index (χ4v) is 2.57. The second-order valence-electron chi connectivity index (χ2n) is 5.45. The highest BCUT2D eigenvalue weighted by atomic mass is 16.2. The van der Waals surface area contributed by atoms with E-state index in [9.17, 15) is 4.79 Å². The summed E-state index contributed by atoms with van der Waals surface area (Å²) in [6, 6.07) is 9.44. The molecule has 1 aromatic rings. The number of carbonyl (C=O) groups is 1. The smallest absolute Gasteiger partial charge is 0.237 e. The quantitative estimate of drug-likeness (QED) is 0.782. The SMILES string of the molecule is N[C@H](Cc1ccccc1)C(=O)NCCC1=CCCCC1. The molecule has 3 heteroatoms. The molecule has 0 saturated heterocycles. The fourth-order valence-electron chi connectivity index (χ4n) is 2.57. The van der Waals surface area contributed by atoms with Gasteiger partial charge in [-0.25, -0.2) is 0 Å². The van der Waals surface area contributed by atoms with Crippen molar-refractivity contribution in [2.45, 2.75) is 44.6 Å². The molecule has 0 fully saturated rings. The molecular formula is C17H24N2O. The lowest BCUT2D eigenvalue weighted by Crippen LogP contribution is -2.42. The molecule has 2 rings (SSSR count). The number of allylic oxidation sites excluding steroid dienone is 1. The van der Waals surface area contributed by atoms with E-state index in [1.54, 1.807) is 0 Å². The van der Waals surface area contributed by atoms with Crippen LogP contribution in [-0.2, 0) is 11.2 Å². The zero-order valence-electron chi connectivity index (χ0n) is 12.0. The highest BCUT2D eigenvalue weighted by Crippen LogP contribution is 2.19. The van der Waals surface area contributed by atoms with Gasteiger partial charge in [0.05, 0.1) is 6.04 Å². The minimum atomic E-state index is -0.460. The largest absolute Gasteiger partial charge is 0.354 e. The molecule has 1 amide bonds. The monoisotopic (exact) mass is 272 g/mol. The van der Waals surface area contributed by atoms with Gasteiger partial charge in [0, 0.05) is 6.54 Å². The van der Waals surface area contributed by atoms with E-state index < -0.39 is 6.04 Å². The van der Waals surface area contributed by atoms with E-state index in [1.807, 2.05) is 30.3 Å². The Kier molecular flexibility index (Phi) is 5.81. The molecule has 20 heavy (non-hydrogen) atoms. The van der Waals surface area contributed by atoms with Crippen molar-refractivity contribution in [2.75, 3.05) is 6.54 Å². The highest BCUT2D eigenvalue weighted by molar-refractivity contribution is 5.81. The van der Waals surface area contributed by atoms with Crippen LogP contribution in [-0.4, -0.2) is 18.5 Å². The number of benzene rings is 1. The minimum absolute atomic E-state index is 0.0507. The van der Waals surface area contributed by atoms with Gasteiger partial charge in [-0.2, -0.15) is 0 Å². The van der Waals surface area contributed by atoms with Gasteiger partial charge in [-0.15, -0.1) is 0 Å². The van der Waals surface area contributed by atoms with Gasteiger partial charge in [-0.05, 0) is 44.1 Å². The summed E-state index contributed by atoms with van der Waals surface area (Å²) in [6.45, 7) is 0.702. The van der Waals surface area contributed by atoms with E-state index in [2.05, 4.69) is 11.4 Å². The van der Waals surface area contributed by atoms with Crippen LogP contribution >= 0.6 is 0 Å². The molecular weight excluding hydrogens is 248 g/mol. The van der Waals surface area contributed by atoms with Crippen LogP contribution in [0.25, 0.3) is 0 Å². The Bertz CT molecular complexity index is 453. The molecule has 3 N–H and O–H groups in total. The lowest BCUT2D eigenvalue weighted by Gasteiger charge is -2.15. The molecule has 0 aromatic heterocycles. The van der Waals surface area contributed by atoms with Crippen LogP contribution in [0.4, 0.5) is 0 Å².